The van der Waals surface area contributed by atoms with Crippen LogP contribution in [0.25, 0.3) is 5.69 Å². The average Bonchev–Trinajstić information content (AvgIpc) is 3.00. The number of aryl methyl sites for hydroxylation is 1. The van der Waals surface area contributed by atoms with Crippen molar-refractivity contribution in [3.63, 3.8) is 0 Å². The second-order valence-electron chi connectivity index (χ2n) is 8.38. The average molecular weight is 393 g/mol. The predicted octanol–water partition coefficient (Wildman–Crippen LogP) is 4.22. The van der Waals surface area contributed by atoms with Crippen molar-refractivity contribution in [2.24, 2.45) is 17.8 Å². The fourth-order valence-corrected chi connectivity index (χ4v) is 5.02. The molecule has 0 amide bonds. The zero-order valence-electron chi connectivity index (χ0n) is 17.0. The van der Waals surface area contributed by atoms with Crippen molar-refractivity contribution in [3.05, 3.63) is 53.3 Å². The van der Waals surface area contributed by atoms with Gasteiger partial charge in [0.25, 0.3) is 0 Å². The lowest BCUT2D eigenvalue weighted by Gasteiger charge is -2.36. The molecule has 2 aromatic rings. The van der Waals surface area contributed by atoms with E-state index in [1.54, 1.807) is 0 Å². The number of carbonyl (C=O) groups excluding carboxylic acids is 3. The van der Waals surface area contributed by atoms with Gasteiger partial charge in [0, 0.05) is 34.5 Å². The van der Waals surface area contributed by atoms with Gasteiger partial charge in [-0.25, -0.2) is 0 Å². The first kappa shape index (κ1) is 19.6. The topological polar surface area (TPSA) is 65.4 Å². The first-order valence-corrected chi connectivity index (χ1v) is 10.4. The standard InChI is InChI=1S/C24H27NO4/c1-15-11-21(16(2)25(15)20-9-4-3-5-10-20)22(26)14-29-24(28)19-12-17-7-6-8-18(13-19)23(17)27/h3-5,9-11,17-19H,6-8,12-14H2,1-2H3. The van der Waals surface area contributed by atoms with E-state index in [9.17, 15) is 14.4 Å². The maximum atomic E-state index is 12.8. The number of fused-ring (bicyclic) bond motifs is 2. The Morgan fingerprint density at radius 1 is 1.07 bits per heavy atom. The molecule has 4 rings (SSSR count). The number of rotatable bonds is 5. The molecule has 1 heterocycles. The van der Waals surface area contributed by atoms with Crippen LogP contribution in [0.4, 0.5) is 0 Å². The quantitative estimate of drug-likeness (QED) is 0.564. The molecular weight excluding hydrogens is 366 g/mol. The molecule has 1 aromatic heterocycles. The van der Waals surface area contributed by atoms with E-state index in [1.165, 1.54) is 0 Å². The summed E-state index contributed by atoms with van der Waals surface area (Å²) in [6.07, 6.45) is 3.97. The van der Waals surface area contributed by atoms with Crippen molar-refractivity contribution in [2.75, 3.05) is 6.61 Å². The first-order valence-electron chi connectivity index (χ1n) is 10.4. The van der Waals surface area contributed by atoms with Crippen molar-refractivity contribution >= 4 is 17.5 Å². The number of nitrogens with zero attached hydrogens (tertiary/aromatic N) is 1. The molecule has 0 saturated heterocycles. The van der Waals surface area contributed by atoms with E-state index in [2.05, 4.69) is 0 Å². The third-order valence-electron chi connectivity index (χ3n) is 6.47. The summed E-state index contributed by atoms with van der Waals surface area (Å²) in [5.74, 6) is -0.460. The first-order chi connectivity index (χ1) is 14.0. The number of hydrogen-bond acceptors (Lipinski definition) is 4. The molecule has 2 fully saturated rings. The lowest BCUT2D eigenvalue weighted by Crippen LogP contribution is -2.39. The summed E-state index contributed by atoms with van der Waals surface area (Å²) in [5, 5.41) is 0. The molecule has 2 saturated carbocycles. The monoisotopic (exact) mass is 393 g/mol. The van der Waals surface area contributed by atoms with E-state index >= 15 is 0 Å². The second kappa shape index (κ2) is 7.97. The Balaban J connectivity index is 1.41. The van der Waals surface area contributed by atoms with Crippen molar-refractivity contribution in [1.82, 2.24) is 4.57 Å². The Hall–Kier alpha value is -2.69. The van der Waals surface area contributed by atoms with Crippen LogP contribution in [0.15, 0.2) is 36.4 Å². The summed E-state index contributed by atoms with van der Waals surface area (Å²) in [5.41, 5.74) is 3.38. The molecule has 2 bridgehead atoms. The normalized spacial score (nSPS) is 23.7. The highest BCUT2D eigenvalue weighted by atomic mass is 16.5. The van der Waals surface area contributed by atoms with Crippen LogP contribution in [0.1, 0.15) is 53.8 Å². The van der Waals surface area contributed by atoms with Crippen LogP contribution in [0.3, 0.4) is 0 Å². The maximum Gasteiger partial charge on any atom is 0.309 e. The SMILES string of the molecule is Cc1cc(C(=O)COC(=O)C2CC3CCCC(C2)C3=O)c(C)n1-c1ccccc1. The molecule has 2 aliphatic rings. The molecular formula is C24H27NO4. The Morgan fingerprint density at radius 2 is 1.72 bits per heavy atom. The summed E-state index contributed by atoms with van der Waals surface area (Å²) < 4.78 is 7.43. The molecule has 2 unspecified atom stereocenters. The van der Waals surface area contributed by atoms with Crippen LogP contribution >= 0.6 is 0 Å². The van der Waals surface area contributed by atoms with Gasteiger partial charge in [0.05, 0.1) is 5.92 Å². The molecule has 2 atom stereocenters. The fraction of sp³-hybridized carbons (Fsp3) is 0.458. The van der Waals surface area contributed by atoms with Crippen LogP contribution < -0.4 is 0 Å². The van der Waals surface area contributed by atoms with Crippen molar-refractivity contribution in [1.29, 1.82) is 0 Å². The van der Waals surface area contributed by atoms with Crippen molar-refractivity contribution in [3.8, 4) is 5.69 Å². The van der Waals surface area contributed by atoms with Crippen molar-refractivity contribution < 1.29 is 19.1 Å². The third kappa shape index (κ3) is 3.78. The molecule has 152 valence electrons. The molecule has 2 aliphatic carbocycles. The molecule has 5 heteroatoms. The van der Waals surface area contributed by atoms with Gasteiger partial charge in [-0.1, -0.05) is 24.6 Å². The largest absolute Gasteiger partial charge is 0.457 e. The van der Waals surface area contributed by atoms with Gasteiger partial charge in [-0.2, -0.15) is 0 Å². The lowest BCUT2D eigenvalue weighted by molar-refractivity contribution is -0.152. The number of para-hydroxylation sites is 1. The molecule has 0 N–H and O–H groups in total. The molecule has 0 spiro atoms. The zero-order valence-corrected chi connectivity index (χ0v) is 17.0. The van der Waals surface area contributed by atoms with Gasteiger partial charge in [-0.3, -0.25) is 14.4 Å². The van der Waals surface area contributed by atoms with Gasteiger partial charge < -0.3 is 9.30 Å². The number of Topliss-reactive ketones (excluding diaryl/α,β-unsaturated/α-hetero) is 2. The molecule has 1 aromatic carbocycles. The third-order valence-corrected chi connectivity index (χ3v) is 6.47. The van der Waals surface area contributed by atoms with Gasteiger partial charge in [0.1, 0.15) is 5.78 Å². The minimum Gasteiger partial charge on any atom is -0.457 e. The van der Waals surface area contributed by atoms with Crippen LogP contribution in [0.2, 0.25) is 0 Å². The molecule has 0 aliphatic heterocycles. The number of aromatic nitrogens is 1. The number of esters is 1. The molecule has 0 radical (unpaired) electrons. The van der Waals surface area contributed by atoms with Crippen molar-refractivity contribution in [2.45, 2.75) is 46.0 Å². The summed E-state index contributed by atoms with van der Waals surface area (Å²) in [4.78, 5) is 37.5. The van der Waals surface area contributed by atoms with Gasteiger partial charge in [0.15, 0.2) is 6.61 Å². The van der Waals surface area contributed by atoms with Gasteiger partial charge in [-0.05, 0) is 57.7 Å². The summed E-state index contributed by atoms with van der Waals surface area (Å²) >= 11 is 0. The minimum absolute atomic E-state index is 0.000509. The minimum atomic E-state index is -0.334. The smallest absolute Gasteiger partial charge is 0.309 e. The maximum absolute atomic E-state index is 12.8. The van der Waals surface area contributed by atoms with Gasteiger partial charge >= 0.3 is 5.97 Å². The second-order valence-corrected chi connectivity index (χ2v) is 8.38. The fourth-order valence-electron chi connectivity index (χ4n) is 5.02. The van der Waals surface area contributed by atoms with Gasteiger partial charge in [-0.15, -0.1) is 0 Å². The summed E-state index contributed by atoms with van der Waals surface area (Å²) in [6.45, 7) is 3.61. The number of ketones is 2. The number of carbonyl (C=O) groups is 3. The van der Waals surface area contributed by atoms with Gasteiger partial charge in [0.2, 0.25) is 5.78 Å². The Bertz CT molecular complexity index is 927. The van der Waals surface area contributed by atoms with E-state index in [1.807, 2.05) is 54.8 Å². The highest BCUT2D eigenvalue weighted by molar-refractivity contribution is 5.99. The Kier molecular flexibility index (Phi) is 5.39. The molecule has 5 nitrogen and oxygen atoms in total. The summed E-state index contributed by atoms with van der Waals surface area (Å²) in [7, 11) is 0. The van der Waals surface area contributed by atoms with E-state index in [0.29, 0.717) is 24.2 Å². The van der Waals surface area contributed by atoms with E-state index in [-0.39, 0.29) is 36.1 Å². The summed E-state index contributed by atoms with van der Waals surface area (Å²) in [6, 6.07) is 11.7. The number of benzene rings is 1. The van der Waals surface area contributed by atoms with Crippen LogP contribution in [-0.2, 0) is 14.3 Å². The number of hydrogen-bond donors (Lipinski definition) is 0. The highest BCUT2D eigenvalue weighted by Crippen LogP contribution is 2.40. The van der Waals surface area contributed by atoms with E-state index in [4.69, 9.17) is 4.74 Å². The lowest BCUT2D eigenvalue weighted by atomic mass is 9.67. The van der Waals surface area contributed by atoms with E-state index in [0.717, 1.165) is 36.3 Å². The molecule has 29 heavy (non-hydrogen) atoms. The number of ether oxygens (including phenoxy) is 1. The Labute approximate surface area is 171 Å². The predicted molar refractivity (Wildman–Crippen MR) is 109 cm³/mol. The van der Waals surface area contributed by atoms with Crippen LogP contribution in [-0.4, -0.2) is 28.7 Å². The van der Waals surface area contributed by atoms with Crippen LogP contribution in [0.5, 0.6) is 0 Å². The van der Waals surface area contributed by atoms with E-state index < -0.39 is 0 Å². The zero-order chi connectivity index (χ0) is 20.5. The Morgan fingerprint density at radius 3 is 2.38 bits per heavy atom. The van der Waals surface area contributed by atoms with Crippen LogP contribution in [0, 0.1) is 31.6 Å². The highest BCUT2D eigenvalue weighted by Gasteiger charge is 2.41.